The molecule has 0 atom stereocenters. The average molecular weight is 375 g/mol. The second-order valence-corrected chi connectivity index (χ2v) is 5.92. The fourth-order valence-corrected chi connectivity index (χ4v) is 2.75. The van der Waals surface area contributed by atoms with Gasteiger partial charge in [0.25, 0.3) is 5.91 Å². The molecule has 3 aromatic heterocycles. The number of aryl methyl sites for hydroxylation is 1. The fraction of sp³-hybridized carbons (Fsp3) is 0.188. The Kier molecular flexibility index (Phi) is 4.04. The first-order chi connectivity index (χ1) is 11.0. The van der Waals surface area contributed by atoms with Gasteiger partial charge in [0.05, 0.1) is 24.6 Å². The molecule has 1 amide bonds. The molecule has 0 radical (unpaired) electrons. The van der Waals surface area contributed by atoms with E-state index in [2.05, 4.69) is 25.9 Å². The topological polar surface area (TPSA) is 59.7 Å². The SMILES string of the molecule is COc1cc(N(C)C(=O)c2cc(C)c3ncc(Br)n3c2)ccn1. The van der Waals surface area contributed by atoms with Crippen LogP contribution >= 0.6 is 15.9 Å². The zero-order valence-corrected chi connectivity index (χ0v) is 14.5. The van der Waals surface area contributed by atoms with Crippen LogP contribution in [0.2, 0.25) is 0 Å². The summed E-state index contributed by atoms with van der Waals surface area (Å²) in [6.45, 7) is 1.93. The van der Waals surface area contributed by atoms with E-state index in [1.807, 2.05) is 17.4 Å². The number of anilines is 1. The van der Waals surface area contributed by atoms with Crippen LogP contribution in [0.1, 0.15) is 15.9 Å². The molecule has 0 N–H and O–H groups in total. The third-order valence-corrected chi connectivity index (χ3v) is 4.20. The largest absolute Gasteiger partial charge is 0.481 e. The zero-order valence-electron chi connectivity index (χ0n) is 12.9. The molecule has 118 valence electrons. The first-order valence-corrected chi connectivity index (χ1v) is 7.72. The van der Waals surface area contributed by atoms with E-state index >= 15 is 0 Å². The van der Waals surface area contributed by atoms with Gasteiger partial charge < -0.3 is 9.64 Å². The van der Waals surface area contributed by atoms with Crippen LogP contribution in [0.25, 0.3) is 5.65 Å². The molecule has 3 heterocycles. The summed E-state index contributed by atoms with van der Waals surface area (Å²) in [5.74, 6) is 0.343. The van der Waals surface area contributed by atoms with Crippen molar-refractivity contribution in [1.29, 1.82) is 0 Å². The Balaban J connectivity index is 2.00. The molecule has 6 nitrogen and oxygen atoms in total. The molecular formula is C16H15BrN4O2. The van der Waals surface area contributed by atoms with E-state index in [1.54, 1.807) is 49.8 Å². The summed E-state index contributed by atoms with van der Waals surface area (Å²) in [4.78, 5) is 22.7. The Morgan fingerprint density at radius 2 is 2.13 bits per heavy atom. The van der Waals surface area contributed by atoms with E-state index in [-0.39, 0.29) is 5.91 Å². The molecular weight excluding hydrogens is 360 g/mol. The van der Waals surface area contributed by atoms with Gasteiger partial charge in [-0.25, -0.2) is 9.97 Å². The van der Waals surface area contributed by atoms with Crippen molar-refractivity contribution < 1.29 is 9.53 Å². The lowest BCUT2D eigenvalue weighted by atomic mass is 10.2. The lowest BCUT2D eigenvalue weighted by molar-refractivity contribution is 0.0992. The molecule has 0 saturated carbocycles. The number of carbonyl (C=O) groups excluding carboxylic acids is 1. The van der Waals surface area contributed by atoms with E-state index in [0.717, 1.165) is 15.8 Å². The summed E-state index contributed by atoms with van der Waals surface area (Å²) in [5, 5.41) is 0. The van der Waals surface area contributed by atoms with Gasteiger partial charge in [0.15, 0.2) is 0 Å². The predicted molar refractivity (Wildman–Crippen MR) is 91.2 cm³/mol. The van der Waals surface area contributed by atoms with Gasteiger partial charge in [-0.15, -0.1) is 0 Å². The smallest absolute Gasteiger partial charge is 0.259 e. The molecule has 0 aliphatic heterocycles. The van der Waals surface area contributed by atoms with Crippen molar-refractivity contribution in [2.45, 2.75) is 6.92 Å². The highest BCUT2D eigenvalue weighted by Crippen LogP contribution is 2.22. The normalized spacial score (nSPS) is 10.8. The predicted octanol–water partition coefficient (Wildman–Crippen LogP) is 3.09. The number of ether oxygens (including phenoxy) is 1. The number of hydrogen-bond acceptors (Lipinski definition) is 4. The highest BCUT2D eigenvalue weighted by atomic mass is 79.9. The van der Waals surface area contributed by atoms with Crippen molar-refractivity contribution in [2.75, 3.05) is 19.1 Å². The highest BCUT2D eigenvalue weighted by molar-refractivity contribution is 9.10. The Hall–Kier alpha value is -2.41. The van der Waals surface area contributed by atoms with Gasteiger partial charge in [-0.05, 0) is 40.5 Å². The van der Waals surface area contributed by atoms with Crippen molar-refractivity contribution >= 4 is 33.2 Å². The zero-order chi connectivity index (χ0) is 16.6. The minimum absolute atomic E-state index is 0.121. The average Bonchev–Trinajstić information content (AvgIpc) is 2.95. The molecule has 23 heavy (non-hydrogen) atoms. The van der Waals surface area contributed by atoms with Gasteiger partial charge in [0.1, 0.15) is 10.3 Å². The van der Waals surface area contributed by atoms with Gasteiger partial charge in [0.2, 0.25) is 5.88 Å². The summed E-state index contributed by atoms with van der Waals surface area (Å²) >= 11 is 3.44. The van der Waals surface area contributed by atoms with Crippen molar-refractivity contribution in [3.8, 4) is 5.88 Å². The second-order valence-electron chi connectivity index (χ2n) is 5.11. The van der Waals surface area contributed by atoms with E-state index in [0.29, 0.717) is 17.1 Å². The minimum Gasteiger partial charge on any atom is -0.481 e. The lowest BCUT2D eigenvalue weighted by Crippen LogP contribution is -2.26. The number of pyridine rings is 2. The molecule has 3 rings (SSSR count). The van der Waals surface area contributed by atoms with Crippen LogP contribution in [0.15, 0.2) is 41.4 Å². The van der Waals surface area contributed by atoms with Crippen LogP contribution in [0, 0.1) is 6.92 Å². The summed E-state index contributed by atoms with van der Waals surface area (Å²) < 4.78 is 7.76. The first-order valence-electron chi connectivity index (χ1n) is 6.92. The summed E-state index contributed by atoms with van der Waals surface area (Å²) in [6.07, 6.45) is 5.10. The molecule has 0 unspecified atom stereocenters. The quantitative estimate of drug-likeness (QED) is 0.706. The molecule has 0 aromatic carbocycles. The maximum atomic E-state index is 12.8. The first kappa shape index (κ1) is 15.5. The van der Waals surface area contributed by atoms with Gasteiger partial charge >= 0.3 is 0 Å². The highest BCUT2D eigenvalue weighted by Gasteiger charge is 2.17. The Bertz CT molecular complexity index is 891. The molecule has 0 saturated heterocycles. The third-order valence-electron chi connectivity index (χ3n) is 3.61. The number of methoxy groups -OCH3 is 1. The van der Waals surface area contributed by atoms with Crippen LogP contribution in [0.4, 0.5) is 5.69 Å². The van der Waals surface area contributed by atoms with Gasteiger partial charge in [-0.3, -0.25) is 9.20 Å². The van der Waals surface area contributed by atoms with Gasteiger partial charge in [0, 0.05) is 25.5 Å². The summed E-state index contributed by atoms with van der Waals surface area (Å²) in [6, 6.07) is 5.32. The maximum absolute atomic E-state index is 12.8. The van der Waals surface area contributed by atoms with E-state index in [9.17, 15) is 4.79 Å². The number of aromatic nitrogens is 3. The maximum Gasteiger partial charge on any atom is 0.259 e. The van der Waals surface area contributed by atoms with Crippen LogP contribution in [-0.4, -0.2) is 34.4 Å². The summed E-state index contributed by atoms with van der Waals surface area (Å²) in [5.41, 5.74) is 3.04. The number of imidazole rings is 1. The molecule has 0 spiro atoms. The van der Waals surface area contributed by atoms with Crippen molar-refractivity contribution in [1.82, 2.24) is 14.4 Å². The van der Waals surface area contributed by atoms with E-state index in [1.165, 1.54) is 0 Å². The van der Waals surface area contributed by atoms with Crippen LogP contribution < -0.4 is 9.64 Å². The van der Waals surface area contributed by atoms with Crippen molar-refractivity contribution in [2.24, 2.45) is 0 Å². The van der Waals surface area contributed by atoms with Crippen molar-refractivity contribution in [3.63, 3.8) is 0 Å². The molecule has 3 aromatic rings. The Labute approximate surface area is 141 Å². The van der Waals surface area contributed by atoms with Gasteiger partial charge in [-0.2, -0.15) is 0 Å². The van der Waals surface area contributed by atoms with Crippen molar-refractivity contribution in [3.05, 3.63) is 52.5 Å². The van der Waals surface area contributed by atoms with Crippen LogP contribution in [0.5, 0.6) is 5.88 Å². The number of hydrogen-bond donors (Lipinski definition) is 0. The van der Waals surface area contributed by atoms with Crippen LogP contribution in [-0.2, 0) is 0 Å². The lowest BCUT2D eigenvalue weighted by Gasteiger charge is -2.18. The van der Waals surface area contributed by atoms with Gasteiger partial charge in [-0.1, -0.05) is 0 Å². The number of nitrogens with zero attached hydrogens (tertiary/aromatic N) is 4. The van der Waals surface area contributed by atoms with E-state index in [4.69, 9.17) is 4.74 Å². The third kappa shape index (κ3) is 2.79. The fourth-order valence-electron chi connectivity index (χ4n) is 2.38. The number of amides is 1. The molecule has 7 heteroatoms. The molecule has 0 bridgehead atoms. The standard InChI is InChI=1S/C16H15BrN4O2/c1-10-6-11(9-21-13(17)8-19-15(10)21)16(22)20(2)12-4-5-18-14(7-12)23-3/h4-9H,1-3H3. The van der Waals surface area contributed by atoms with E-state index < -0.39 is 0 Å². The summed E-state index contributed by atoms with van der Waals surface area (Å²) in [7, 11) is 3.27. The molecule has 0 aliphatic carbocycles. The monoisotopic (exact) mass is 374 g/mol. The number of rotatable bonds is 3. The Morgan fingerprint density at radius 1 is 1.35 bits per heavy atom. The van der Waals surface area contributed by atoms with Crippen LogP contribution in [0.3, 0.4) is 0 Å². The molecule has 0 aliphatic rings. The number of carbonyl (C=O) groups is 1. The Morgan fingerprint density at radius 3 is 2.87 bits per heavy atom. The number of fused-ring (bicyclic) bond motifs is 1. The number of halogens is 1. The minimum atomic E-state index is -0.121. The molecule has 0 fully saturated rings. The second kappa shape index (κ2) is 6.00.